The Balaban J connectivity index is 5.16. The van der Waals surface area contributed by atoms with E-state index in [4.69, 9.17) is 37.0 Å². The lowest BCUT2D eigenvalue weighted by molar-refractivity contribution is -0.161. The molecule has 17 nitrogen and oxygen atoms in total. The predicted molar refractivity (Wildman–Crippen MR) is 354 cm³/mol. The molecule has 0 bridgehead atoms. The van der Waals surface area contributed by atoms with Crippen molar-refractivity contribution in [3.63, 3.8) is 0 Å². The summed E-state index contributed by atoms with van der Waals surface area (Å²) in [7, 11) is -9.89. The van der Waals surface area contributed by atoms with Gasteiger partial charge in [-0.25, -0.2) is 9.13 Å². The molecular formula is C69H134O17P2. The van der Waals surface area contributed by atoms with E-state index in [-0.39, 0.29) is 25.7 Å². The summed E-state index contributed by atoms with van der Waals surface area (Å²) in [6, 6.07) is 0. The third-order valence-corrected chi connectivity index (χ3v) is 17.9. The van der Waals surface area contributed by atoms with Crippen molar-refractivity contribution in [1.82, 2.24) is 0 Å². The molecule has 0 aliphatic rings. The number of rotatable bonds is 68. The van der Waals surface area contributed by atoms with E-state index in [1.807, 2.05) is 0 Å². The van der Waals surface area contributed by atoms with Gasteiger partial charge in [-0.2, -0.15) is 0 Å². The van der Waals surface area contributed by atoms with Gasteiger partial charge in [0.1, 0.15) is 19.3 Å². The van der Waals surface area contributed by atoms with Gasteiger partial charge in [-0.1, -0.05) is 298 Å². The fourth-order valence-electron chi connectivity index (χ4n) is 10.4. The maximum Gasteiger partial charge on any atom is 0.472 e. The molecule has 0 aromatic rings. The Labute approximate surface area is 537 Å². The molecule has 0 amide bonds. The van der Waals surface area contributed by atoms with Crippen molar-refractivity contribution in [2.24, 2.45) is 11.8 Å². The van der Waals surface area contributed by atoms with Gasteiger partial charge in [-0.15, -0.1) is 0 Å². The Morgan fingerprint density at radius 2 is 0.523 bits per heavy atom. The summed E-state index contributed by atoms with van der Waals surface area (Å²) in [4.78, 5) is 72.2. The molecule has 0 saturated carbocycles. The summed E-state index contributed by atoms with van der Waals surface area (Å²) in [5.41, 5.74) is 0. The maximum absolute atomic E-state index is 13.0. The summed E-state index contributed by atoms with van der Waals surface area (Å²) in [6.07, 6.45) is 46.1. The molecule has 0 aliphatic heterocycles. The van der Waals surface area contributed by atoms with E-state index in [9.17, 15) is 43.2 Å². The monoisotopic (exact) mass is 1300 g/mol. The fourth-order valence-corrected chi connectivity index (χ4v) is 12.0. The number of aliphatic hydroxyl groups excluding tert-OH is 1. The normalized spacial score (nSPS) is 14.2. The lowest BCUT2D eigenvalue weighted by Gasteiger charge is -2.21. The lowest BCUT2D eigenvalue weighted by atomic mass is 10.0. The topological polar surface area (TPSA) is 237 Å². The number of carbonyl (C=O) groups is 4. The molecule has 19 heteroatoms. The van der Waals surface area contributed by atoms with Gasteiger partial charge in [-0.3, -0.25) is 37.3 Å². The number of carbonyl (C=O) groups excluding carboxylic acids is 4. The molecule has 5 atom stereocenters. The number of aliphatic hydroxyl groups is 1. The molecule has 0 radical (unpaired) electrons. The summed E-state index contributed by atoms with van der Waals surface area (Å²) in [5.74, 6) is -0.569. The van der Waals surface area contributed by atoms with Gasteiger partial charge in [-0.05, 0) is 37.5 Å². The van der Waals surface area contributed by atoms with Crippen LogP contribution in [0.2, 0.25) is 0 Å². The van der Waals surface area contributed by atoms with E-state index in [1.165, 1.54) is 161 Å². The standard InChI is InChI=1S/C69H134O17P2/c1-7-9-11-13-14-15-16-24-30-35-41-47-53-68(73)85-64(57-79-66(71)51-45-37-12-10-8-2)59-83-87(75,76)81-55-63(70)56-82-88(77,78)84-60-65(58-80-67(72)52-46-40-34-29-26-21-23-28-33-39-44-50-62(5)6)86-69(74)54-48-42-36-31-25-20-18-17-19-22-27-32-38-43-49-61(3)4/h61-65,70H,7-60H2,1-6H3,(H,75,76)(H,77,78)/t63-,64+,65+/m0/s1. The second kappa shape index (κ2) is 61.3. The minimum absolute atomic E-state index is 0.106. The van der Waals surface area contributed by atoms with Crippen molar-refractivity contribution in [2.45, 2.75) is 368 Å². The molecule has 0 heterocycles. The highest BCUT2D eigenvalue weighted by Gasteiger charge is 2.30. The van der Waals surface area contributed by atoms with Crippen LogP contribution in [0, 0.1) is 11.8 Å². The van der Waals surface area contributed by atoms with Crippen LogP contribution in [0.25, 0.3) is 0 Å². The Bertz CT molecular complexity index is 1720. The highest BCUT2D eigenvalue weighted by molar-refractivity contribution is 7.47. The number of hydrogen-bond donors (Lipinski definition) is 3. The van der Waals surface area contributed by atoms with Crippen LogP contribution in [-0.2, 0) is 65.4 Å². The molecule has 0 aromatic heterocycles. The van der Waals surface area contributed by atoms with Crippen LogP contribution in [0.15, 0.2) is 0 Å². The Kier molecular flexibility index (Phi) is 59.9. The molecule has 0 fully saturated rings. The molecule has 0 spiro atoms. The maximum atomic E-state index is 13.0. The van der Waals surface area contributed by atoms with E-state index in [0.29, 0.717) is 25.7 Å². The number of phosphoric ester groups is 2. The highest BCUT2D eigenvalue weighted by atomic mass is 31.2. The molecule has 0 aliphatic carbocycles. The molecule has 522 valence electrons. The van der Waals surface area contributed by atoms with Crippen molar-refractivity contribution in [1.29, 1.82) is 0 Å². The number of ether oxygens (including phenoxy) is 4. The summed E-state index contributed by atoms with van der Waals surface area (Å²) in [5, 5.41) is 10.6. The average Bonchev–Trinajstić information content (AvgIpc) is 3.60. The quantitative estimate of drug-likeness (QED) is 0.0222. The average molecular weight is 1300 g/mol. The molecule has 88 heavy (non-hydrogen) atoms. The molecule has 2 unspecified atom stereocenters. The van der Waals surface area contributed by atoms with Crippen molar-refractivity contribution >= 4 is 39.5 Å². The van der Waals surface area contributed by atoms with E-state index >= 15 is 0 Å². The predicted octanol–water partition coefficient (Wildman–Crippen LogP) is 19.6. The van der Waals surface area contributed by atoms with E-state index < -0.39 is 97.5 Å². The minimum Gasteiger partial charge on any atom is -0.462 e. The van der Waals surface area contributed by atoms with Gasteiger partial charge < -0.3 is 33.8 Å². The van der Waals surface area contributed by atoms with Gasteiger partial charge >= 0.3 is 39.5 Å². The van der Waals surface area contributed by atoms with Crippen molar-refractivity contribution in [3.8, 4) is 0 Å². The molecule has 3 N–H and O–H groups in total. The number of hydrogen-bond acceptors (Lipinski definition) is 15. The summed E-state index contributed by atoms with van der Waals surface area (Å²) < 4.78 is 68.0. The zero-order chi connectivity index (χ0) is 65.0. The van der Waals surface area contributed by atoms with E-state index in [0.717, 1.165) is 108 Å². The smallest absolute Gasteiger partial charge is 0.462 e. The van der Waals surface area contributed by atoms with Crippen LogP contribution < -0.4 is 0 Å². The second-order valence-electron chi connectivity index (χ2n) is 25.9. The Morgan fingerprint density at radius 1 is 0.307 bits per heavy atom. The molecule has 0 rings (SSSR count). The first-order chi connectivity index (χ1) is 42.4. The fraction of sp³-hybridized carbons (Fsp3) is 0.942. The van der Waals surface area contributed by atoms with Gasteiger partial charge in [0.05, 0.1) is 26.4 Å². The van der Waals surface area contributed by atoms with E-state index in [1.54, 1.807) is 0 Å². The first kappa shape index (κ1) is 86.1. The molecule has 0 aromatic carbocycles. The molecule has 0 saturated heterocycles. The highest BCUT2D eigenvalue weighted by Crippen LogP contribution is 2.45. The Hall–Kier alpha value is -1.94. The van der Waals surface area contributed by atoms with Crippen LogP contribution in [0.1, 0.15) is 350 Å². The third kappa shape index (κ3) is 62.8. The number of phosphoric acid groups is 2. The molecular weight excluding hydrogens is 1160 g/mol. The van der Waals surface area contributed by atoms with Crippen LogP contribution in [0.4, 0.5) is 0 Å². The van der Waals surface area contributed by atoms with Gasteiger partial charge in [0.25, 0.3) is 0 Å². The van der Waals surface area contributed by atoms with Crippen LogP contribution in [-0.4, -0.2) is 96.7 Å². The second-order valence-corrected chi connectivity index (χ2v) is 28.8. The van der Waals surface area contributed by atoms with Crippen LogP contribution in [0.5, 0.6) is 0 Å². The van der Waals surface area contributed by atoms with Gasteiger partial charge in [0.2, 0.25) is 0 Å². The van der Waals surface area contributed by atoms with Gasteiger partial charge in [0.15, 0.2) is 12.2 Å². The largest absolute Gasteiger partial charge is 0.472 e. The van der Waals surface area contributed by atoms with Crippen molar-refractivity contribution in [3.05, 3.63) is 0 Å². The van der Waals surface area contributed by atoms with E-state index in [2.05, 4.69) is 41.5 Å². The van der Waals surface area contributed by atoms with Crippen molar-refractivity contribution < 1.29 is 80.2 Å². The number of unbranched alkanes of at least 4 members (excludes halogenated alkanes) is 38. The Morgan fingerprint density at radius 3 is 0.773 bits per heavy atom. The number of esters is 4. The summed E-state index contributed by atoms with van der Waals surface area (Å²) in [6.45, 7) is 9.48. The van der Waals surface area contributed by atoms with Crippen molar-refractivity contribution in [2.75, 3.05) is 39.6 Å². The third-order valence-electron chi connectivity index (χ3n) is 16.0. The minimum atomic E-state index is -4.95. The zero-order valence-corrected chi connectivity index (χ0v) is 58.8. The summed E-state index contributed by atoms with van der Waals surface area (Å²) >= 11 is 0. The van der Waals surface area contributed by atoms with Crippen LogP contribution >= 0.6 is 15.6 Å². The first-order valence-corrected chi connectivity index (χ1v) is 39.0. The zero-order valence-electron chi connectivity index (χ0n) is 57.0. The lowest BCUT2D eigenvalue weighted by Crippen LogP contribution is -2.30. The SMILES string of the molecule is CCCCCCCCCCCCCCC(=O)O[C@H](COC(=O)CCCCCCC)COP(=O)(O)OC[C@H](O)COP(=O)(O)OC[C@@H](COC(=O)CCCCCCCCCCCCCC(C)C)OC(=O)CCCCCCCCCCCCCCCCC(C)C. The van der Waals surface area contributed by atoms with Crippen LogP contribution in [0.3, 0.4) is 0 Å². The van der Waals surface area contributed by atoms with Gasteiger partial charge in [0, 0.05) is 25.7 Å². The first-order valence-electron chi connectivity index (χ1n) is 36.0.